The summed E-state index contributed by atoms with van der Waals surface area (Å²) in [5.74, 6) is -0.778. The molecule has 22 heavy (non-hydrogen) atoms. The summed E-state index contributed by atoms with van der Waals surface area (Å²) < 4.78 is 0. The summed E-state index contributed by atoms with van der Waals surface area (Å²) in [6.07, 6.45) is 0.961. The molecule has 0 radical (unpaired) electrons. The number of carbonyl (C=O) groups is 2. The Labute approximate surface area is 131 Å². The molecule has 1 aliphatic heterocycles. The minimum atomic E-state index is -0.926. The first-order valence-corrected chi connectivity index (χ1v) is 7.73. The number of amides is 1. The molecule has 0 aliphatic carbocycles. The van der Waals surface area contributed by atoms with Crippen molar-refractivity contribution >= 4 is 11.9 Å². The molecule has 2 rings (SSSR count). The molecule has 0 saturated carbocycles. The summed E-state index contributed by atoms with van der Waals surface area (Å²) in [6.45, 7) is 8.87. The van der Waals surface area contributed by atoms with Crippen LogP contribution in [-0.2, 0) is 11.3 Å². The molecule has 1 heterocycles. The van der Waals surface area contributed by atoms with Crippen molar-refractivity contribution in [3.8, 4) is 0 Å². The number of hydrogen-bond donors (Lipinski definition) is 1. The minimum Gasteiger partial charge on any atom is -0.478 e. The van der Waals surface area contributed by atoms with E-state index < -0.39 is 11.5 Å². The van der Waals surface area contributed by atoms with E-state index in [9.17, 15) is 9.59 Å². The quantitative estimate of drug-likeness (QED) is 0.906. The van der Waals surface area contributed by atoms with Crippen molar-refractivity contribution < 1.29 is 14.7 Å². The van der Waals surface area contributed by atoms with E-state index in [-0.39, 0.29) is 11.5 Å². The van der Waals surface area contributed by atoms with Crippen LogP contribution < -0.4 is 0 Å². The summed E-state index contributed by atoms with van der Waals surface area (Å²) >= 11 is 0. The topological polar surface area (TPSA) is 60.9 Å². The van der Waals surface area contributed by atoms with Crippen molar-refractivity contribution in [2.75, 3.05) is 19.6 Å². The van der Waals surface area contributed by atoms with Crippen LogP contribution in [0.3, 0.4) is 0 Å². The summed E-state index contributed by atoms with van der Waals surface area (Å²) in [5, 5.41) is 9.08. The highest BCUT2D eigenvalue weighted by molar-refractivity contribution is 5.88. The number of aromatic carboxylic acids is 1. The molecule has 1 fully saturated rings. The van der Waals surface area contributed by atoms with Crippen molar-refractivity contribution in [1.82, 2.24) is 9.80 Å². The average molecular weight is 304 g/mol. The van der Waals surface area contributed by atoms with Gasteiger partial charge in [-0.2, -0.15) is 0 Å². The molecule has 1 N–H and O–H groups in total. The van der Waals surface area contributed by atoms with E-state index in [2.05, 4.69) is 11.8 Å². The number of rotatable bonds is 5. The van der Waals surface area contributed by atoms with E-state index in [4.69, 9.17) is 5.11 Å². The Morgan fingerprint density at radius 1 is 1.32 bits per heavy atom. The zero-order chi connectivity index (χ0) is 16.3. The van der Waals surface area contributed by atoms with Gasteiger partial charge in [-0.15, -0.1) is 0 Å². The standard InChI is InChI=1S/C17H24N2O3/c1-4-8-18-9-10-19(17(2,3)16(18)22)12-13-6-5-7-14(11-13)15(20)21/h5-7,11H,4,8-10,12H2,1-3H3,(H,20,21). The molecule has 1 saturated heterocycles. The molecular weight excluding hydrogens is 280 g/mol. The monoisotopic (exact) mass is 304 g/mol. The molecule has 1 aliphatic rings. The van der Waals surface area contributed by atoms with Gasteiger partial charge in [-0.25, -0.2) is 4.79 Å². The lowest BCUT2D eigenvalue weighted by Gasteiger charge is -2.46. The summed E-state index contributed by atoms with van der Waals surface area (Å²) in [4.78, 5) is 27.7. The van der Waals surface area contributed by atoms with Gasteiger partial charge in [0.1, 0.15) is 0 Å². The fourth-order valence-electron chi connectivity index (χ4n) is 2.93. The van der Waals surface area contributed by atoms with Crippen LogP contribution >= 0.6 is 0 Å². The van der Waals surface area contributed by atoms with E-state index in [1.54, 1.807) is 18.2 Å². The van der Waals surface area contributed by atoms with Crippen LogP contribution in [-0.4, -0.2) is 52.0 Å². The first-order chi connectivity index (χ1) is 10.4. The van der Waals surface area contributed by atoms with Gasteiger partial charge in [-0.3, -0.25) is 9.69 Å². The van der Waals surface area contributed by atoms with Crippen LogP contribution in [0.15, 0.2) is 24.3 Å². The maximum Gasteiger partial charge on any atom is 0.335 e. The highest BCUT2D eigenvalue weighted by atomic mass is 16.4. The second-order valence-corrected chi connectivity index (χ2v) is 6.28. The van der Waals surface area contributed by atoms with E-state index >= 15 is 0 Å². The molecule has 0 bridgehead atoms. The summed E-state index contributed by atoms with van der Waals surface area (Å²) in [6, 6.07) is 6.93. The van der Waals surface area contributed by atoms with Crippen molar-refractivity contribution in [3.05, 3.63) is 35.4 Å². The second-order valence-electron chi connectivity index (χ2n) is 6.28. The maximum absolute atomic E-state index is 12.6. The summed E-state index contributed by atoms with van der Waals surface area (Å²) in [7, 11) is 0. The van der Waals surface area contributed by atoms with Crippen molar-refractivity contribution in [2.24, 2.45) is 0 Å². The molecule has 1 amide bonds. The Bertz CT molecular complexity index is 569. The molecule has 0 unspecified atom stereocenters. The van der Waals surface area contributed by atoms with E-state index in [0.29, 0.717) is 6.54 Å². The van der Waals surface area contributed by atoms with Gasteiger partial charge in [0.05, 0.1) is 11.1 Å². The van der Waals surface area contributed by atoms with Crippen LogP contribution in [0.2, 0.25) is 0 Å². The number of carbonyl (C=O) groups excluding carboxylic acids is 1. The molecule has 0 atom stereocenters. The Hall–Kier alpha value is -1.88. The zero-order valence-electron chi connectivity index (χ0n) is 13.5. The third-order valence-corrected chi connectivity index (χ3v) is 4.28. The van der Waals surface area contributed by atoms with Gasteiger partial charge in [0.25, 0.3) is 0 Å². The van der Waals surface area contributed by atoms with Gasteiger partial charge in [0.2, 0.25) is 5.91 Å². The lowest BCUT2D eigenvalue weighted by atomic mass is 9.96. The number of nitrogens with zero attached hydrogens (tertiary/aromatic N) is 2. The fourth-order valence-corrected chi connectivity index (χ4v) is 2.93. The number of hydrogen-bond acceptors (Lipinski definition) is 3. The first kappa shape index (κ1) is 16.5. The van der Waals surface area contributed by atoms with Gasteiger partial charge in [-0.05, 0) is 38.0 Å². The average Bonchev–Trinajstić information content (AvgIpc) is 2.48. The van der Waals surface area contributed by atoms with Crippen LogP contribution in [0.5, 0.6) is 0 Å². The van der Waals surface area contributed by atoms with E-state index in [1.165, 1.54) is 0 Å². The molecule has 0 spiro atoms. The predicted octanol–water partition coefficient (Wildman–Crippen LogP) is 2.22. The molecular formula is C17H24N2O3. The Morgan fingerprint density at radius 2 is 2.05 bits per heavy atom. The number of carboxylic acid groups (broad SMARTS) is 1. The van der Waals surface area contributed by atoms with Crippen LogP contribution in [0.1, 0.15) is 43.1 Å². The largest absolute Gasteiger partial charge is 0.478 e. The highest BCUT2D eigenvalue weighted by Gasteiger charge is 2.41. The maximum atomic E-state index is 12.6. The molecule has 1 aromatic carbocycles. The third-order valence-electron chi connectivity index (χ3n) is 4.28. The van der Waals surface area contributed by atoms with E-state index in [0.717, 1.165) is 31.6 Å². The molecule has 1 aromatic rings. The Kier molecular flexibility index (Phi) is 4.86. The number of piperazine rings is 1. The minimum absolute atomic E-state index is 0.148. The predicted molar refractivity (Wildman–Crippen MR) is 84.8 cm³/mol. The fraction of sp³-hybridized carbons (Fsp3) is 0.529. The van der Waals surface area contributed by atoms with Gasteiger partial charge in [-0.1, -0.05) is 19.1 Å². The van der Waals surface area contributed by atoms with Gasteiger partial charge in [0, 0.05) is 26.2 Å². The second kappa shape index (κ2) is 6.48. The molecule has 120 valence electrons. The van der Waals surface area contributed by atoms with Crippen LogP contribution in [0.4, 0.5) is 0 Å². The summed E-state index contributed by atoms with van der Waals surface area (Å²) in [5.41, 5.74) is 0.642. The molecule has 0 aromatic heterocycles. The molecule has 5 nitrogen and oxygen atoms in total. The lowest BCUT2D eigenvalue weighted by Crippen LogP contribution is -2.62. The smallest absolute Gasteiger partial charge is 0.335 e. The van der Waals surface area contributed by atoms with Crippen LogP contribution in [0.25, 0.3) is 0 Å². The normalized spacial score (nSPS) is 18.5. The van der Waals surface area contributed by atoms with Gasteiger partial charge in [0.15, 0.2) is 0 Å². The Balaban J connectivity index is 2.15. The number of carboxylic acids is 1. The van der Waals surface area contributed by atoms with Crippen LogP contribution in [0, 0.1) is 0 Å². The SMILES string of the molecule is CCCN1CCN(Cc2cccc(C(=O)O)c2)C(C)(C)C1=O. The highest BCUT2D eigenvalue weighted by Crippen LogP contribution is 2.25. The number of benzene rings is 1. The third kappa shape index (κ3) is 3.30. The van der Waals surface area contributed by atoms with E-state index in [1.807, 2.05) is 24.8 Å². The lowest BCUT2D eigenvalue weighted by molar-refractivity contribution is -0.149. The first-order valence-electron chi connectivity index (χ1n) is 7.73. The Morgan fingerprint density at radius 3 is 2.68 bits per heavy atom. The van der Waals surface area contributed by atoms with Crippen molar-refractivity contribution in [2.45, 2.75) is 39.3 Å². The van der Waals surface area contributed by atoms with Gasteiger partial charge < -0.3 is 10.0 Å². The van der Waals surface area contributed by atoms with Crippen molar-refractivity contribution in [3.63, 3.8) is 0 Å². The molecule has 5 heteroatoms. The zero-order valence-corrected chi connectivity index (χ0v) is 13.5. The van der Waals surface area contributed by atoms with Gasteiger partial charge >= 0.3 is 5.97 Å². The van der Waals surface area contributed by atoms with Crippen molar-refractivity contribution in [1.29, 1.82) is 0 Å².